The van der Waals surface area contributed by atoms with Gasteiger partial charge in [-0.05, 0) is 42.2 Å². The molecule has 0 spiro atoms. The number of carbonyl (C=O) groups excluding carboxylic acids is 3. The molecule has 0 aliphatic carbocycles. The average Bonchev–Trinajstić information content (AvgIpc) is 3.29. The molecule has 8 nitrogen and oxygen atoms in total. The van der Waals surface area contributed by atoms with Crippen molar-refractivity contribution in [2.24, 2.45) is 0 Å². The van der Waals surface area contributed by atoms with E-state index in [2.05, 4.69) is 10.6 Å². The van der Waals surface area contributed by atoms with E-state index in [-0.39, 0.29) is 12.5 Å². The van der Waals surface area contributed by atoms with Crippen LogP contribution >= 0.6 is 0 Å². The van der Waals surface area contributed by atoms with Gasteiger partial charge >= 0.3 is 11.8 Å². The van der Waals surface area contributed by atoms with E-state index in [4.69, 9.17) is 4.42 Å². The normalized spacial score (nSPS) is 16.0. The third-order valence-electron chi connectivity index (χ3n) is 4.86. The van der Waals surface area contributed by atoms with Crippen molar-refractivity contribution in [3.05, 3.63) is 47.4 Å². The predicted octanol–water partition coefficient (Wildman–Crippen LogP) is 0.903. The number of anilines is 2. The maximum absolute atomic E-state index is 12.2. The van der Waals surface area contributed by atoms with Gasteiger partial charge in [0, 0.05) is 24.3 Å². The third kappa shape index (κ3) is 3.31. The molecule has 4 rings (SSSR count). The van der Waals surface area contributed by atoms with Gasteiger partial charge in [-0.3, -0.25) is 14.4 Å². The molecule has 2 aromatic rings. The first-order chi connectivity index (χ1) is 13.0. The van der Waals surface area contributed by atoms with E-state index >= 15 is 0 Å². The summed E-state index contributed by atoms with van der Waals surface area (Å²) in [5, 5.41) is 14.9. The smallest absolute Gasteiger partial charge is 0.313 e. The van der Waals surface area contributed by atoms with E-state index < -0.39 is 17.9 Å². The Morgan fingerprint density at radius 1 is 1.26 bits per heavy atom. The highest BCUT2D eigenvalue weighted by Gasteiger charge is 2.32. The van der Waals surface area contributed by atoms with Crippen LogP contribution in [0.25, 0.3) is 0 Å². The summed E-state index contributed by atoms with van der Waals surface area (Å²) in [4.78, 5) is 38.0. The molecule has 8 heteroatoms. The van der Waals surface area contributed by atoms with Gasteiger partial charge in [0.25, 0.3) is 0 Å². The number of aliphatic hydroxyl groups excluding tert-OH is 1. The van der Waals surface area contributed by atoms with Crippen molar-refractivity contribution in [3.8, 4) is 0 Å². The van der Waals surface area contributed by atoms with Crippen LogP contribution in [0.1, 0.15) is 29.2 Å². The van der Waals surface area contributed by atoms with Gasteiger partial charge < -0.3 is 25.1 Å². The van der Waals surface area contributed by atoms with Gasteiger partial charge in [0.15, 0.2) is 0 Å². The van der Waals surface area contributed by atoms with E-state index in [9.17, 15) is 19.5 Å². The minimum atomic E-state index is -0.957. The van der Waals surface area contributed by atoms with Gasteiger partial charge in [-0.1, -0.05) is 0 Å². The molecule has 1 atom stereocenters. The minimum Gasteiger partial charge on any atom is -0.472 e. The fourth-order valence-electron chi connectivity index (χ4n) is 3.59. The second-order valence-electron chi connectivity index (χ2n) is 6.71. The monoisotopic (exact) mass is 369 g/mol. The number of aryl methyl sites for hydroxylation is 1. The number of aliphatic hydroxyl groups is 1. The van der Waals surface area contributed by atoms with Gasteiger partial charge in [-0.2, -0.15) is 0 Å². The van der Waals surface area contributed by atoms with Crippen molar-refractivity contribution < 1.29 is 23.9 Å². The van der Waals surface area contributed by atoms with E-state index in [1.807, 2.05) is 6.07 Å². The SMILES string of the molecule is O=C(NC[C@H](O)c1ccoc1)C(=O)Nc1cc2c3c(c1)CC(=O)N3CCC2. The molecule has 3 N–H and O–H groups in total. The second kappa shape index (κ2) is 6.88. The highest BCUT2D eigenvalue weighted by Crippen LogP contribution is 2.38. The number of benzene rings is 1. The molecule has 1 aromatic carbocycles. The number of nitrogens with zero attached hydrogens (tertiary/aromatic N) is 1. The van der Waals surface area contributed by atoms with Crippen LogP contribution in [0.2, 0.25) is 0 Å². The summed E-state index contributed by atoms with van der Waals surface area (Å²) in [5.74, 6) is -1.59. The number of amides is 3. The largest absolute Gasteiger partial charge is 0.472 e. The summed E-state index contributed by atoms with van der Waals surface area (Å²) in [7, 11) is 0. The van der Waals surface area contributed by atoms with Crippen molar-refractivity contribution >= 4 is 29.1 Å². The molecule has 0 unspecified atom stereocenters. The zero-order chi connectivity index (χ0) is 19.0. The molecule has 2 aliphatic heterocycles. The summed E-state index contributed by atoms with van der Waals surface area (Å²) in [6.45, 7) is 0.622. The van der Waals surface area contributed by atoms with E-state index in [0.717, 1.165) is 36.2 Å². The number of carbonyl (C=O) groups is 3. The lowest BCUT2D eigenvalue weighted by Crippen LogP contribution is -2.37. The molecule has 0 fully saturated rings. The third-order valence-corrected chi connectivity index (χ3v) is 4.86. The maximum Gasteiger partial charge on any atom is 0.313 e. The molecule has 0 saturated carbocycles. The Labute approximate surface area is 155 Å². The Balaban J connectivity index is 1.41. The van der Waals surface area contributed by atoms with Gasteiger partial charge in [0.1, 0.15) is 0 Å². The number of nitrogens with one attached hydrogen (secondary N) is 2. The van der Waals surface area contributed by atoms with Crippen LogP contribution in [0, 0.1) is 0 Å². The van der Waals surface area contributed by atoms with Crippen LogP contribution in [0.5, 0.6) is 0 Å². The first-order valence-electron chi connectivity index (χ1n) is 8.78. The standard InChI is InChI=1S/C19H19N3O5/c23-15(12-3-5-27-10-12)9-20-18(25)19(26)21-14-6-11-2-1-4-22-16(24)8-13(7-14)17(11)22/h3,5-7,10,15,23H,1-2,4,8-9H2,(H,20,25)(H,21,26)/t15-/m0/s1. The summed E-state index contributed by atoms with van der Waals surface area (Å²) in [6, 6.07) is 5.14. The number of furan rings is 1. The Bertz CT molecular complexity index is 906. The highest BCUT2D eigenvalue weighted by atomic mass is 16.3. The van der Waals surface area contributed by atoms with Gasteiger partial charge in [-0.15, -0.1) is 0 Å². The Hall–Kier alpha value is -3.13. The van der Waals surface area contributed by atoms with Crippen LogP contribution in [0.3, 0.4) is 0 Å². The average molecular weight is 369 g/mol. The van der Waals surface area contributed by atoms with E-state index in [0.29, 0.717) is 17.7 Å². The molecule has 0 bridgehead atoms. The first kappa shape index (κ1) is 17.3. The van der Waals surface area contributed by atoms with Crippen LogP contribution in [0.15, 0.2) is 35.1 Å². The number of hydrogen-bond acceptors (Lipinski definition) is 5. The fourth-order valence-corrected chi connectivity index (χ4v) is 3.59. The number of hydrogen-bond donors (Lipinski definition) is 3. The van der Waals surface area contributed by atoms with E-state index in [1.165, 1.54) is 12.5 Å². The summed E-state index contributed by atoms with van der Waals surface area (Å²) >= 11 is 0. The molecule has 27 heavy (non-hydrogen) atoms. The summed E-state index contributed by atoms with van der Waals surface area (Å²) in [5.41, 5.74) is 3.86. The lowest BCUT2D eigenvalue weighted by molar-refractivity contribution is -0.136. The first-order valence-corrected chi connectivity index (χ1v) is 8.78. The molecule has 140 valence electrons. The molecule has 3 amide bonds. The lowest BCUT2D eigenvalue weighted by Gasteiger charge is -2.26. The Kier molecular flexibility index (Phi) is 4.41. The van der Waals surface area contributed by atoms with Crippen molar-refractivity contribution in [3.63, 3.8) is 0 Å². The molecular formula is C19H19N3O5. The van der Waals surface area contributed by atoms with Crippen molar-refractivity contribution in [2.45, 2.75) is 25.4 Å². The molecule has 2 aliphatic rings. The van der Waals surface area contributed by atoms with Gasteiger partial charge in [-0.25, -0.2) is 0 Å². The fraction of sp³-hybridized carbons (Fsp3) is 0.316. The van der Waals surface area contributed by atoms with Gasteiger partial charge in [0.2, 0.25) is 5.91 Å². The second-order valence-corrected chi connectivity index (χ2v) is 6.71. The number of rotatable bonds is 4. The molecule has 3 heterocycles. The van der Waals surface area contributed by atoms with Crippen LogP contribution in [-0.4, -0.2) is 35.9 Å². The molecule has 0 radical (unpaired) electrons. The Morgan fingerprint density at radius 2 is 2.07 bits per heavy atom. The summed E-state index contributed by atoms with van der Waals surface area (Å²) in [6.07, 6.45) is 3.86. The topological polar surface area (TPSA) is 112 Å². The van der Waals surface area contributed by atoms with Crippen molar-refractivity contribution in [2.75, 3.05) is 23.3 Å². The Morgan fingerprint density at radius 3 is 2.85 bits per heavy atom. The van der Waals surface area contributed by atoms with E-state index in [1.54, 1.807) is 17.0 Å². The van der Waals surface area contributed by atoms with Crippen LogP contribution in [0.4, 0.5) is 11.4 Å². The zero-order valence-corrected chi connectivity index (χ0v) is 14.5. The van der Waals surface area contributed by atoms with Crippen molar-refractivity contribution in [1.29, 1.82) is 0 Å². The van der Waals surface area contributed by atoms with Crippen LogP contribution < -0.4 is 15.5 Å². The van der Waals surface area contributed by atoms with Crippen LogP contribution in [-0.2, 0) is 27.2 Å². The van der Waals surface area contributed by atoms with Crippen molar-refractivity contribution in [1.82, 2.24) is 5.32 Å². The van der Waals surface area contributed by atoms with Gasteiger partial charge in [0.05, 0.1) is 30.7 Å². The molecule has 1 aromatic heterocycles. The zero-order valence-electron chi connectivity index (χ0n) is 14.5. The summed E-state index contributed by atoms with van der Waals surface area (Å²) < 4.78 is 4.87. The maximum atomic E-state index is 12.2. The minimum absolute atomic E-state index is 0.0698. The highest BCUT2D eigenvalue weighted by molar-refractivity contribution is 6.39. The molecular weight excluding hydrogens is 350 g/mol. The quantitative estimate of drug-likeness (QED) is 0.694. The predicted molar refractivity (Wildman–Crippen MR) is 96.1 cm³/mol. The lowest BCUT2D eigenvalue weighted by atomic mass is 9.99. The molecule has 0 saturated heterocycles.